The minimum Gasteiger partial charge on any atom is -0.380 e. The molecule has 2 aliphatic carbocycles. The fourth-order valence-electron chi connectivity index (χ4n) is 7.51. The summed E-state index contributed by atoms with van der Waals surface area (Å²) in [5.74, 6) is -1.29. The predicted molar refractivity (Wildman–Crippen MR) is 144 cm³/mol. The third kappa shape index (κ3) is 6.39. The highest BCUT2D eigenvalue weighted by atomic mass is 32.2. The number of sulfonamides is 1. The Bertz CT molecular complexity index is 1130. The molecule has 1 amide bonds. The van der Waals surface area contributed by atoms with Gasteiger partial charge in [-0.1, -0.05) is 5.16 Å². The van der Waals surface area contributed by atoms with Crippen molar-refractivity contribution in [1.82, 2.24) is 20.1 Å². The molecule has 40 heavy (non-hydrogen) atoms. The van der Waals surface area contributed by atoms with Crippen LogP contribution in [0.25, 0.3) is 0 Å². The molecule has 4 heterocycles. The van der Waals surface area contributed by atoms with Crippen LogP contribution < -0.4 is 10.6 Å². The molecule has 2 bridgehead atoms. The Morgan fingerprint density at radius 2 is 1.65 bits per heavy atom. The number of hydrogen-bond acceptors (Lipinski definition) is 7. The molecule has 2 unspecified atom stereocenters. The molecule has 224 valence electrons. The number of amides is 1. The Kier molecular flexibility index (Phi) is 8.24. The lowest BCUT2D eigenvalue weighted by atomic mass is 9.85. The van der Waals surface area contributed by atoms with Gasteiger partial charge < -0.3 is 19.9 Å². The first-order valence-electron chi connectivity index (χ1n) is 15.1. The fraction of sp³-hybridized carbons (Fsp3) is 0.857. The number of aromatic nitrogens is 1. The van der Waals surface area contributed by atoms with E-state index in [2.05, 4.69) is 15.8 Å². The minimum atomic E-state index is -3.39. The van der Waals surface area contributed by atoms with E-state index < -0.39 is 15.9 Å². The molecule has 0 aromatic carbocycles. The lowest BCUT2D eigenvalue weighted by Crippen LogP contribution is -2.53. The van der Waals surface area contributed by atoms with Crippen molar-refractivity contribution in [3.8, 4) is 0 Å². The van der Waals surface area contributed by atoms with Crippen molar-refractivity contribution >= 4 is 15.9 Å². The van der Waals surface area contributed by atoms with Gasteiger partial charge in [0.2, 0.25) is 15.9 Å². The van der Waals surface area contributed by atoms with Crippen LogP contribution in [0.3, 0.4) is 0 Å². The van der Waals surface area contributed by atoms with Gasteiger partial charge in [-0.25, -0.2) is 17.2 Å². The van der Waals surface area contributed by atoms with Gasteiger partial charge >= 0.3 is 0 Å². The average molecular weight is 585 g/mol. The van der Waals surface area contributed by atoms with Gasteiger partial charge in [-0.2, -0.15) is 4.31 Å². The van der Waals surface area contributed by atoms with Gasteiger partial charge in [0.15, 0.2) is 5.69 Å². The first-order valence-corrected chi connectivity index (χ1v) is 16.7. The molecule has 1 aromatic heterocycles. The van der Waals surface area contributed by atoms with Gasteiger partial charge in [-0.15, -0.1) is 0 Å². The summed E-state index contributed by atoms with van der Waals surface area (Å²) < 4.78 is 66.2. The molecule has 0 radical (unpaired) electrons. The van der Waals surface area contributed by atoms with Crippen molar-refractivity contribution in [2.75, 3.05) is 25.5 Å². The second kappa shape index (κ2) is 11.6. The Hall–Kier alpha value is -1.63. The van der Waals surface area contributed by atoms with Crippen LogP contribution in [0.15, 0.2) is 10.6 Å². The Labute approximate surface area is 235 Å². The maximum atomic E-state index is 13.6. The van der Waals surface area contributed by atoms with E-state index in [1.165, 1.54) is 0 Å². The first kappa shape index (κ1) is 28.5. The second-order valence-corrected chi connectivity index (χ2v) is 14.8. The molecule has 5 fully saturated rings. The van der Waals surface area contributed by atoms with E-state index in [9.17, 15) is 22.0 Å². The third-order valence-electron chi connectivity index (χ3n) is 9.95. The fourth-order valence-corrected chi connectivity index (χ4v) is 9.90. The zero-order valence-electron chi connectivity index (χ0n) is 23.0. The monoisotopic (exact) mass is 584 g/mol. The van der Waals surface area contributed by atoms with Crippen molar-refractivity contribution in [3.63, 3.8) is 0 Å². The van der Waals surface area contributed by atoms with Crippen LogP contribution in [0.4, 0.5) is 8.78 Å². The van der Waals surface area contributed by atoms with Gasteiger partial charge in [0, 0.05) is 43.1 Å². The van der Waals surface area contributed by atoms with Crippen LogP contribution in [0.1, 0.15) is 99.2 Å². The average Bonchev–Trinajstić information content (AvgIpc) is 3.46. The van der Waals surface area contributed by atoms with Gasteiger partial charge in [0.1, 0.15) is 5.76 Å². The van der Waals surface area contributed by atoms with Gasteiger partial charge in [-0.05, 0) is 82.6 Å². The van der Waals surface area contributed by atoms with Crippen molar-refractivity contribution in [3.05, 3.63) is 17.5 Å². The van der Waals surface area contributed by atoms with Crippen LogP contribution in [-0.2, 0) is 14.8 Å². The topological polar surface area (TPSA) is 114 Å². The quantitative estimate of drug-likeness (QED) is 0.454. The van der Waals surface area contributed by atoms with Gasteiger partial charge in [0.25, 0.3) is 5.91 Å². The number of carbonyl (C=O) groups is 1. The zero-order chi connectivity index (χ0) is 27.9. The summed E-state index contributed by atoms with van der Waals surface area (Å²) >= 11 is 0. The van der Waals surface area contributed by atoms with E-state index in [1.54, 1.807) is 10.4 Å². The van der Waals surface area contributed by atoms with Crippen LogP contribution in [0, 0.1) is 11.8 Å². The molecule has 12 heteroatoms. The number of nitrogens with one attached hydrogen (secondary N) is 2. The normalized spacial score (nSPS) is 33.5. The number of alkyl halides is 2. The molecule has 9 nitrogen and oxygen atoms in total. The van der Waals surface area contributed by atoms with Gasteiger partial charge in [-0.3, -0.25) is 4.79 Å². The highest BCUT2D eigenvalue weighted by Gasteiger charge is 2.47. The lowest BCUT2D eigenvalue weighted by Gasteiger charge is -2.39. The largest absolute Gasteiger partial charge is 0.380 e. The summed E-state index contributed by atoms with van der Waals surface area (Å²) in [6, 6.07) is 1.79. The number of carbonyl (C=O) groups excluding carboxylic acids is 1. The summed E-state index contributed by atoms with van der Waals surface area (Å²) in [5, 5.41) is 10.6. The molecule has 2 N–H and O–H groups in total. The maximum Gasteiger partial charge on any atom is 0.273 e. The highest BCUT2D eigenvalue weighted by Crippen LogP contribution is 2.40. The van der Waals surface area contributed by atoms with E-state index in [0.29, 0.717) is 56.6 Å². The first-order chi connectivity index (χ1) is 19.1. The predicted octanol–water partition coefficient (Wildman–Crippen LogP) is 3.82. The van der Waals surface area contributed by atoms with E-state index >= 15 is 0 Å². The van der Waals surface area contributed by atoms with Crippen molar-refractivity contribution in [2.24, 2.45) is 11.8 Å². The van der Waals surface area contributed by atoms with Crippen LogP contribution in [0.2, 0.25) is 0 Å². The molecule has 2 saturated carbocycles. The lowest BCUT2D eigenvalue weighted by molar-refractivity contribution is -0.0457. The Morgan fingerprint density at radius 3 is 2.27 bits per heavy atom. The highest BCUT2D eigenvalue weighted by molar-refractivity contribution is 7.89. The smallest absolute Gasteiger partial charge is 0.273 e. The molecule has 2 atom stereocenters. The Morgan fingerprint density at radius 1 is 0.975 bits per heavy atom. The van der Waals surface area contributed by atoms with Crippen LogP contribution >= 0.6 is 0 Å². The Balaban J connectivity index is 0.949. The number of piperidine rings is 1. The summed E-state index contributed by atoms with van der Waals surface area (Å²) in [6.07, 6.45) is 7.64. The summed E-state index contributed by atoms with van der Waals surface area (Å²) in [7, 11) is -3.39. The number of rotatable bonds is 9. The standard InChI is InChI=1S/C28H42F2N4O5S/c29-28(30)9-7-18(8-10-28)14-31-21-3-1-19(2-4-21)17-40(36,37)34-23-5-6-24(34)12-22(11-23)32-27(35)25-13-26(39-33-25)20-15-38-16-20/h13,18-24,31H,1-12,14-17H2,(H,32,35). The molecule has 6 rings (SSSR count). The molecule has 3 saturated heterocycles. The molecule has 3 aliphatic heterocycles. The van der Waals surface area contributed by atoms with Crippen molar-refractivity contribution < 1.29 is 31.3 Å². The summed E-state index contributed by atoms with van der Waals surface area (Å²) in [6.45, 7) is 1.94. The van der Waals surface area contributed by atoms with Crippen LogP contribution in [0.5, 0.6) is 0 Å². The molecule has 5 aliphatic rings. The molecular formula is C28H42F2N4O5S. The van der Waals surface area contributed by atoms with E-state index in [0.717, 1.165) is 45.1 Å². The van der Waals surface area contributed by atoms with E-state index in [-0.39, 0.29) is 60.2 Å². The SMILES string of the molecule is O=C(NC1CC2CCC(C1)N2S(=O)(=O)CC1CCC(NCC2CCC(F)(F)CC2)CC1)c1cc(C2COC2)on1. The third-order valence-corrected chi connectivity index (χ3v) is 12.1. The second-order valence-electron chi connectivity index (χ2n) is 12.9. The number of nitrogens with zero attached hydrogens (tertiary/aromatic N) is 2. The van der Waals surface area contributed by atoms with Crippen molar-refractivity contribution in [2.45, 2.75) is 113 Å². The van der Waals surface area contributed by atoms with Crippen molar-refractivity contribution in [1.29, 1.82) is 0 Å². The number of halogens is 2. The van der Waals surface area contributed by atoms with E-state index in [1.807, 2.05) is 0 Å². The summed E-state index contributed by atoms with van der Waals surface area (Å²) in [5.41, 5.74) is 0.259. The summed E-state index contributed by atoms with van der Waals surface area (Å²) in [4.78, 5) is 12.8. The van der Waals surface area contributed by atoms with Gasteiger partial charge in [0.05, 0.1) is 24.9 Å². The zero-order valence-corrected chi connectivity index (χ0v) is 23.8. The molecule has 1 aromatic rings. The number of hydrogen-bond donors (Lipinski definition) is 2. The maximum absolute atomic E-state index is 13.6. The number of ether oxygens (including phenoxy) is 1. The van der Waals surface area contributed by atoms with Crippen LogP contribution in [-0.4, -0.2) is 79.4 Å². The molecule has 0 spiro atoms. The number of fused-ring (bicyclic) bond motifs is 2. The molecular weight excluding hydrogens is 542 g/mol. The van der Waals surface area contributed by atoms with E-state index in [4.69, 9.17) is 9.26 Å². The minimum absolute atomic E-state index is 0.00540.